The Morgan fingerprint density at radius 1 is 1.14 bits per heavy atom. The second-order valence-corrected chi connectivity index (χ2v) is 10.0. The molecule has 7 nitrogen and oxygen atoms in total. The number of nitrogens with zero attached hydrogens (tertiary/aromatic N) is 1. The molecule has 0 bridgehead atoms. The van der Waals surface area contributed by atoms with Crippen LogP contribution in [0.3, 0.4) is 0 Å². The lowest BCUT2D eigenvalue weighted by Gasteiger charge is -2.30. The van der Waals surface area contributed by atoms with Crippen LogP contribution in [0.4, 0.5) is 0 Å². The first-order chi connectivity index (χ1) is 13.8. The van der Waals surface area contributed by atoms with Gasteiger partial charge in [-0.05, 0) is 56.7 Å². The molecule has 1 saturated carbocycles. The molecule has 3 atom stereocenters. The van der Waals surface area contributed by atoms with Gasteiger partial charge < -0.3 is 10.1 Å². The SMILES string of the molecule is C[C@H](OC(=O)c1cccc(S(=O)(=O)N2CCCC2)c1)C(=O)N[C@@H]1CCCC[C@@H]1C. The number of hydrogen-bond acceptors (Lipinski definition) is 5. The molecule has 1 saturated heterocycles. The summed E-state index contributed by atoms with van der Waals surface area (Å²) in [6.07, 6.45) is 5.01. The van der Waals surface area contributed by atoms with E-state index in [1.807, 2.05) is 0 Å². The van der Waals surface area contributed by atoms with Crippen molar-refractivity contribution in [2.24, 2.45) is 5.92 Å². The Morgan fingerprint density at radius 3 is 2.52 bits per heavy atom. The van der Waals surface area contributed by atoms with Crippen LogP contribution in [0.15, 0.2) is 29.2 Å². The zero-order valence-corrected chi connectivity index (χ0v) is 17.9. The summed E-state index contributed by atoms with van der Waals surface area (Å²) in [7, 11) is -3.62. The zero-order chi connectivity index (χ0) is 21.0. The first-order valence-corrected chi connectivity index (χ1v) is 11.8. The largest absolute Gasteiger partial charge is 0.449 e. The number of carbonyl (C=O) groups is 2. The molecule has 0 aromatic heterocycles. The highest BCUT2D eigenvalue weighted by molar-refractivity contribution is 7.89. The van der Waals surface area contributed by atoms with Crippen molar-refractivity contribution < 1.29 is 22.7 Å². The summed E-state index contributed by atoms with van der Waals surface area (Å²) < 4.78 is 32.1. The number of amides is 1. The van der Waals surface area contributed by atoms with Gasteiger partial charge in [0.25, 0.3) is 5.91 Å². The molecule has 160 valence electrons. The average molecular weight is 423 g/mol. The van der Waals surface area contributed by atoms with Crippen molar-refractivity contribution >= 4 is 21.9 Å². The highest BCUT2D eigenvalue weighted by Crippen LogP contribution is 2.24. The van der Waals surface area contributed by atoms with Crippen LogP contribution in [0.2, 0.25) is 0 Å². The van der Waals surface area contributed by atoms with E-state index in [0.717, 1.165) is 32.1 Å². The maximum atomic E-state index is 12.7. The Bertz CT molecular complexity index is 848. The van der Waals surface area contributed by atoms with Crippen LogP contribution < -0.4 is 5.32 Å². The third-order valence-corrected chi connectivity index (χ3v) is 7.76. The average Bonchev–Trinajstić information content (AvgIpc) is 3.25. The van der Waals surface area contributed by atoms with Crippen molar-refractivity contribution in [3.8, 4) is 0 Å². The Labute approximate surface area is 172 Å². The monoisotopic (exact) mass is 422 g/mol. The molecule has 29 heavy (non-hydrogen) atoms. The molecule has 8 heteroatoms. The van der Waals surface area contributed by atoms with Crippen molar-refractivity contribution in [2.45, 2.75) is 69.4 Å². The molecule has 2 fully saturated rings. The van der Waals surface area contributed by atoms with E-state index in [4.69, 9.17) is 4.74 Å². The fourth-order valence-electron chi connectivity index (χ4n) is 3.97. The molecule has 1 amide bonds. The van der Waals surface area contributed by atoms with Crippen LogP contribution >= 0.6 is 0 Å². The maximum Gasteiger partial charge on any atom is 0.338 e. The van der Waals surface area contributed by atoms with Crippen LogP contribution in [0.1, 0.15) is 62.7 Å². The number of nitrogens with one attached hydrogen (secondary N) is 1. The molecular weight excluding hydrogens is 392 g/mol. The van der Waals surface area contributed by atoms with Gasteiger partial charge in [-0.2, -0.15) is 4.31 Å². The highest BCUT2D eigenvalue weighted by Gasteiger charge is 2.29. The summed E-state index contributed by atoms with van der Waals surface area (Å²) in [6.45, 7) is 4.64. The third kappa shape index (κ3) is 5.17. The zero-order valence-electron chi connectivity index (χ0n) is 17.1. The van der Waals surface area contributed by atoms with Gasteiger partial charge in [0, 0.05) is 19.1 Å². The van der Waals surface area contributed by atoms with E-state index in [0.29, 0.717) is 19.0 Å². The van der Waals surface area contributed by atoms with Gasteiger partial charge in [0.05, 0.1) is 10.5 Å². The molecule has 1 aliphatic carbocycles. The quantitative estimate of drug-likeness (QED) is 0.712. The van der Waals surface area contributed by atoms with Gasteiger partial charge in [-0.3, -0.25) is 4.79 Å². The van der Waals surface area contributed by atoms with E-state index in [9.17, 15) is 18.0 Å². The molecule has 1 aromatic rings. The van der Waals surface area contributed by atoms with Crippen LogP contribution in [0, 0.1) is 5.92 Å². The molecular formula is C21H30N2O5S. The van der Waals surface area contributed by atoms with Crippen molar-refractivity contribution in [1.82, 2.24) is 9.62 Å². The topological polar surface area (TPSA) is 92.8 Å². The lowest BCUT2D eigenvalue weighted by Crippen LogP contribution is -2.46. The van der Waals surface area contributed by atoms with Gasteiger partial charge in [0.1, 0.15) is 0 Å². The minimum absolute atomic E-state index is 0.0713. The van der Waals surface area contributed by atoms with Gasteiger partial charge in [-0.25, -0.2) is 13.2 Å². The Balaban J connectivity index is 1.63. The van der Waals surface area contributed by atoms with Crippen molar-refractivity contribution in [3.63, 3.8) is 0 Å². The molecule has 2 aliphatic rings. The summed E-state index contributed by atoms with van der Waals surface area (Å²) in [5.41, 5.74) is 0.121. The van der Waals surface area contributed by atoms with Gasteiger partial charge in [-0.1, -0.05) is 25.8 Å². The minimum atomic E-state index is -3.62. The van der Waals surface area contributed by atoms with Crippen LogP contribution in [0.25, 0.3) is 0 Å². The van der Waals surface area contributed by atoms with Gasteiger partial charge in [0.2, 0.25) is 10.0 Å². The van der Waals surface area contributed by atoms with Crippen molar-refractivity contribution in [2.75, 3.05) is 13.1 Å². The predicted octanol–water partition coefficient (Wildman–Crippen LogP) is 2.71. The van der Waals surface area contributed by atoms with Crippen LogP contribution in [-0.4, -0.2) is 49.8 Å². The normalized spacial score (nSPS) is 24.1. The van der Waals surface area contributed by atoms with E-state index in [1.165, 1.54) is 41.9 Å². The number of rotatable bonds is 6. The van der Waals surface area contributed by atoms with E-state index in [2.05, 4.69) is 12.2 Å². The number of hydrogen-bond donors (Lipinski definition) is 1. The molecule has 3 rings (SSSR count). The summed E-state index contributed by atoms with van der Waals surface area (Å²) >= 11 is 0. The number of carbonyl (C=O) groups excluding carboxylic acids is 2. The van der Waals surface area contributed by atoms with Gasteiger partial charge >= 0.3 is 5.97 Å². The van der Waals surface area contributed by atoms with Gasteiger partial charge in [-0.15, -0.1) is 0 Å². The first-order valence-electron chi connectivity index (χ1n) is 10.4. The molecule has 1 N–H and O–H groups in total. The summed E-state index contributed by atoms with van der Waals surface area (Å²) in [6, 6.07) is 5.92. The molecule has 1 aliphatic heterocycles. The number of benzene rings is 1. The second kappa shape index (κ2) is 9.26. The highest BCUT2D eigenvalue weighted by atomic mass is 32.2. The fraction of sp³-hybridized carbons (Fsp3) is 0.619. The standard InChI is InChI=1S/C21H30N2O5S/c1-15-8-3-4-11-19(15)22-20(24)16(2)28-21(25)17-9-7-10-18(14-17)29(26,27)23-12-5-6-13-23/h7,9-10,14-16,19H,3-6,8,11-13H2,1-2H3,(H,22,24)/t15-,16-,19+/m0/s1. The predicted molar refractivity (Wildman–Crippen MR) is 109 cm³/mol. The lowest BCUT2D eigenvalue weighted by molar-refractivity contribution is -0.130. The third-order valence-electron chi connectivity index (χ3n) is 5.86. The van der Waals surface area contributed by atoms with Gasteiger partial charge in [0.15, 0.2) is 6.10 Å². The Kier molecular flexibility index (Phi) is 6.95. The molecule has 1 heterocycles. The number of ether oxygens (including phenoxy) is 1. The molecule has 0 unspecified atom stereocenters. The van der Waals surface area contributed by atoms with Crippen LogP contribution in [-0.2, 0) is 19.6 Å². The van der Waals surface area contributed by atoms with Crippen molar-refractivity contribution in [3.05, 3.63) is 29.8 Å². The van der Waals surface area contributed by atoms with E-state index >= 15 is 0 Å². The maximum absolute atomic E-state index is 12.7. The summed E-state index contributed by atoms with van der Waals surface area (Å²) in [5.74, 6) is -0.621. The fourth-order valence-corrected chi connectivity index (χ4v) is 5.54. The first kappa shape index (κ1) is 21.8. The minimum Gasteiger partial charge on any atom is -0.449 e. The Morgan fingerprint density at radius 2 is 1.83 bits per heavy atom. The van der Waals surface area contributed by atoms with Crippen LogP contribution in [0.5, 0.6) is 0 Å². The Hall–Kier alpha value is -1.93. The smallest absolute Gasteiger partial charge is 0.338 e. The van der Waals surface area contributed by atoms with E-state index in [-0.39, 0.29) is 22.4 Å². The summed E-state index contributed by atoms with van der Waals surface area (Å²) in [5, 5.41) is 2.98. The summed E-state index contributed by atoms with van der Waals surface area (Å²) in [4.78, 5) is 25.0. The second-order valence-electron chi connectivity index (χ2n) is 8.06. The molecule has 0 spiro atoms. The molecule has 1 aromatic carbocycles. The van der Waals surface area contributed by atoms with E-state index < -0.39 is 22.1 Å². The molecule has 0 radical (unpaired) electrons. The van der Waals surface area contributed by atoms with E-state index in [1.54, 1.807) is 0 Å². The number of esters is 1. The van der Waals surface area contributed by atoms with Crippen molar-refractivity contribution in [1.29, 1.82) is 0 Å². The number of sulfonamides is 1. The lowest BCUT2D eigenvalue weighted by atomic mass is 9.86.